The summed E-state index contributed by atoms with van der Waals surface area (Å²) in [7, 11) is 0. The molecule has 0 bridgehead atoms. The molecule has 0 amide bonds. The van der Waals surface area contributed by atoms with Crippen LogP contribution >= 0.6 is 11.6 Å². The van der Waals surface area contributed by atoms with Crippen molar-refractivity contribution in [2.24, 2.45) is 11.7 Å². The van der Waals surface area contributed by atoms with Gasteiger partial charge in [-0.25, -0.2) is 0 Å². The topological polar surface area (TPSA) is 35.2 Å². The summed E-state index contributed by atoms with van der Waals surface area (Å²) in [6.07, 6.45) is 7.02. The van der Waals surface area contributed by atoms with Crippen LogP contribution in [0, 0.1) is 5.92 Å². The molecule has 0 radical (unpaired) electrons. The van der Waals surface area contributed by atoms with Gasteiger partial charge in [-0.1, -0.05) is 37.4 Å². The molecule has 0 aliphatic heterocycles. The first kappa shape index (κ1) is 14.7. The van der Waals surface area contributed by atoms with E-state index in [0.29, 0.717) is 5.92 Å². The third-order valence-corrected chi connectivity index (χ3v) is 4.37. The second kappa shape index (κ2) is 7.16. The third-order valence-electron chi connectivity index (χ3n) is 4.02. The summed E-state index contributed by atoms with van der Waals surface area (Å²) in [6, 6.07) is 6.03. The zero-order valence-electron chi connectivity index (χ0n) is 11.7. The molecule has 1 aliphatic rings. The quantitative estimate of drug-likeness (QED) is 0.849. The standard InChI is InChI=1S/C16H24ClNO/c1-2-13(18)10-14-15(17)8-5-9-16(14)19-11-12-6-3-4-7-12/h5,8-9,12-13H,2-4,6-7,10-11,18H2,1H3. The van der Waals surface area contributed by atoms with Crippen LogP contribution in [0.1, 0.15) is 44.6 Å². The molecule has 1 fully saturated rings. The molecular formula is C16H24ClNO. The maximum Gasteiger partial charge on any atom is 0.124 e. The summed E-state index contributed by atoms with van der Waals surface area (Å²) in [6.45, 7) is 2.91. The molecule has 106 valence electrons. The lowest BCUT2D eigenvalue weighted by atomic mass is 10.0. The van der Waals surface area contributed by atoms with Gasteiger partial charge in [-0.2, -0.15) is 0 Å². The molecule has 1 aromatic carbocycles. The molecule has 19 heavy (non-hydrogen) atoms. The molecule has 1 unspecified atom stereocenters. The van der Waals surface area contributed by atoms with Crippen LogP contribution in [0.15, 0.2) is 18.2 Å². The largest absolute Gasteiger partial charge is 0.493 e. The third kappa shape index (κ3) is 4.12. The van der Waals surface area contributed by atoms with Crippen molar-refractivity contribution < 1.29 is 4.74 Å². The van der Waals surface area contributed by atoms with Gasteiger partial charge < -0.3 is 10.5 Å². The number of benzene rings is 1. The van der Waals surface area contributed by atoms with Crippen molar-refractivity contribution in [3.8, 4) is 5.75 Å². The molecular weight excluding hydrogens is 258 g/mol. The van der Waals surface area contributed by atoms with E-state index >= 15 is 0 Å². The van der Waals surface area contributed by atoms with Crippen LogP contribution in [0.5, 0.6) is 5.75 Å². The highest BCUT2D eigenvalue weighted by Gasteiger charge is 2.17. The number of rotatable bonds is 6. The van der Waals surface area contributed by atoms with Gasteiger partial charge in [0.2, 0.25) is 0 Å². The fourth-order valence-electron chi connectivity index (χ4n) is 2.66. The van der Waals surface area contributed by atoms with Gasteiger partial charge in [-0.15, -0.1) is 0 Å². The minimum absolute atomic E-state index is 0.147. The van der Waals surface area contributed by atoms with Crippen LogP contribution in [-0.4, -0.2) is 12.6 Å². The van der Waals surface area contributed by atoms with Gasteiger partial charge in [0, 0.05) is 16.6 Å². The Morgan fingerprint density at radius 3 is 2.79 bits per heavy atom. The fourth-order valence-corrected chi connectivity index (χ4v) is 2.91. The van der Waals surface area contributed by atoms with Crippen molar-refractivity contribution in [1.29, 1.82) is 0 Å². The van der Waals surface area contributed by atoms with E-state index < -0.39 is 0 Å². The van der Waals surface area contributed by atoms with Gasteiger partial charge >= 0.3 is 0 Å². The summed E-state index contributed by atoms with van der Waals surface area (Å²) in [5.74, 6) is 1.63. The van der Waals surface area contributed by atoms with Gasteiger partial charge in [0.05, 0.1) is 6.61 Å². The predicted octanol–water partition coefficient (Wildman–Crippen LogP) is 4.19. The Bertz CT molecular complexity index is 402. The smallest absolute Gasteiger partial charge is 0.124 e. The summed E-state index contributed by atoms with van der Waals surface area (Å²) in [4.78, 5) is 0. The van der Waals surface area contributed by atoms with Crippen LogP contribution in [0.2, 0.25) is 5.02 Å². The lowest BCUT2D eigenvalue weighted by Gasteiger charge is -2.17. The monoisotopic (exact) mass is 281 g/mol. The maximum absolute atomic E-state index is 6.29. The molecule has 3 heteroatoms. The Labute approximate surface area is 121 Å². The molecule has 0 saturated heterocycles. The Morgan fingerprint density at radius 1 is 1.37 bits per heavy atom. The van der Waals surface area contributed by atoms with Gasteiger partial charge in [0.15, 0.2) is 0 Å². The van der Waals surface area contributed by atoms with Crippen LogP contribution < -0.4 is 10.5 Å². The molecule has 0 spiro atoms. The van der Waals surface area contributed by atoms with Gasteiger partial charge in [0.1, 0.15) is 5.75 Å². The molecule has 1 atom stereocenters. The average Bonchev–Trinajstić information content (AvgIpc) is 2.92. The Kier molecular flexibility index (Phi) is 5.53. The molecule has 2 rings (SSSR count). The molecule has 0 heterocycles. The lowest BCUT2D eigenvalue weighted by molar-refractivity contribution is 0.249. The van der Waals surface area contributed by atoms with Crippen LogP contribution in [0.25, 0.3) is 0 Å². The first-order valence-electron chi connectivity index (χ1n) is 7.36. The normalized spacial score (nSPS) is 17.6. The van der Waals surface area contributed by atoms with Crippen LogP contribution in [0.4, 0.5) is 0 Å². The maximum atomic E-state index is 6.29. The molecule has 1 aromatic rings. The molecule has 2 nitrogen and oxygen atoms in total. The van der Waals surface area contributed by atoms with E-state index in [2.05, 4.69) is 6.92 Å². The summed E-state index contributed by atoms with van der Waals surface area (Å²) in [5, 5.41) is 0.771. The van der Waals surface area contributed by atoms with E-state index in [0.717, 1.165) is 35.8 Å². The SMILES string of the molecule is CCC(N)Cc1c(Cl)cccc1OCC1CCCC1. The highest BCUT2D eigenvalue weighted by Crippen LogP contribution is 2.30. The average molecular weight is 282 g/mol. The van der Waals surface area contributed by atoms with Gasteiger partial charge in [-0.3, -0.25) is 0 Å². The molecule has 0 aromatic heterocycles. The number of hydrogen-bond acceptors (Lipinski definition) is 2. The van der Waals surface area contributed by atoms with Gasteiger partial charge in [0.25, 0.3) is 0 Å². The van der Waals surface area contributed by atoms with E-state index in [1.54, 1.807) is 0 Å². The zero-order chi connectivity index (χ0) is 13.7. The summed E-state index contributed by atoms with van der Waals surface area (Å²) < 4.78 is 6.01. The first-order chi connectivity index (χ1) is 9.20. The second-order valence-corrected chi connectivity index (χ2v) is 5.96. The van der Waals surface area contributed by atoms with E-state index in [1.165, 1.54) is 25.7 Å². The molecule has 1 aliphatic carbocycles. The van der Waals surface area contributed by atoms with Crippen LogP contribution in [0.3, 0.4) is 0 Å². The van der Waals surface area contributed by atoms with Crippen molar-refractivity contribution in [3.05, 3.63) is 28.8 Å². The Morgan fingerprint density at radius 2 is 2.11 bits per heavy atom. The van der Waals surface area contributed by atoms with Crippen molar-refractivity contribution in [1.82, 2.24) is 0 Å². The number of ether oxygens (including phenoxy) is 1. The number of halogens is 1. The summed E-state index contributed by atoms with van der Waals surface area (Å²) >= 11 is 6.29. The van der Waals surface area contributed by atoms with Crippen molar-refractivity contribution >= 4 is 11.6 Å². The van der Waals surface area contributed by atoms with Gasteiger partial charge in [-0.05, 0) is 43.7 Å². The Balaban J connectivity index is 2.03. The highest BCUT2D eigenvalue weighted by molar-refractivity contribution is 6.31. The number of nitrogens with two attached hydrogens (primary N) is 1. The Hall–Kier alpha value is -0.730. The first-order valence-corrected chi connectivity index (χ1v) is 7.74. The zero-order valence-corrected chi connectivity index (χ0v) is 12.5. The summed E-state index contributed by atoms with van der Waals surface area (Å²) in [5.41, 5.74) is 7.11. The van der Waals surface area contributed by atoms with Crippen molar-refractivity contribution in [3.63, 3.8) is 0 Å². The minimum Gasteiger partial charge on any atom is -0.493 e. The highest BCUT2D eigenvalue weighted by atomic mass is 35.5. The lowest BCUT2D eigenvalue weighted by Crippen LogP contribution is -2.22. The van der Waals surface area contributed by atoms with E-state index in [4.69, 9.17) is 22.1 Å². The fraction of sp³-hybridized carbons (Fsp3) is 0.625. The predicted molar refractivity (Wildman–Crippen MR) is 80.9 cm³/mol. The molecule has 2 N–H and O–H groups in total. The van der Waals surface area contributed by atoms with E-state index in [9.17, 15) is 0 Å². The van der Waals surface area contributed by atoms with Crippen molar-refractivity contribution in [2.45, 2.75) is 51.5 Å². The number of hydrogen-bond donors (Lipinski definition) is 1. The van der Waals surface area contributed by atoms with Crippen molar-refractivity contribution in [2.75, 3.05) is 6.61 Å². The molecule has 1 saturated carbocycles. The second-order valence-electron chi connectivity index (χ2n) is 5.55. The van der Waals surface area contributed by atoms with E-state index in [-0.39, 0.29) is 6.04 Å². The minimum atomic E-state index is 0.147. The van der Waals surface area contributed by atoms with Crippen LogP contribution in [-0.2, 0) is 6.42 Å². The van der Waals surface area contributed by atoms with E-state index in [1.807, 2.05) is 18.2 Å².